The Morgan fingerprint density at radius 3 is 2.73 bits per heavy atom. The number of para-hydroxylation sites is 1. The molecule has 144 valence electrons. The standard InChI is InChI=1S/C18H27N5O2.HI/c1-3-9-20-16(24)8-10-21-18(19-2)22-12-13-11-17(25)23-15-7-5-4-6-14(13)15;/h4-7,13H,3,8-12H2,1-2H3,(H,20,24)(H,23,25)(H2,19,21,22);1H. The fourth-order valence-electron chi connectivity index (χ4n) is 2.77. The third-order valence-corrected chi connectivity index (χ3v) is 4.06. The van der Waals surface area contributed by atoms with Crippen molar-refractivity contribution in [2.75, 3.05) is 32.0 Å². The van der Waals surface area contributed by atoms with Crippen LogP contribution in [-0.2, 0) is 9.59 Å². The second-order valence-corrected chi connectivity index (χ2v) is 6.02. The van der Waals surface area contributed by atoms with Crippen LogP contribution >= 0.6 is 24.0 Å². The van der Waals surface area contributed by atoms with Gasteiger partial charge in [0.2, 0.25) is 11.8 Å². The van der Waals surface area contributed by atoms with Gasteiger partial charge >= 0.3 is 0 Å². The van der Waals surface area contributed by atoms with E-state index in [0.717, 1.165) is 17.7 Å². The first kappa shape index (κ1) is 22.2. The predicted molar refractivity (Wildman–Crippen MR) is 115 cm³/mol. The maximum Gasteiger partial charge on any atom is 0.225 e. The molecule has 2 amide bonds. The Kier molecular flexibility index (Phi) is 10.0. The van der Waals surface area contributed by atoms with Crippen LogP contribution in [0.3, 0.4) is 0 Å². The number of carbonyl (C=O) groups excluding carboxylic acids is 2. The van der Waals surface area contributed by atoms with Gasteiger partial charge in [-0.15, -0.1) is 24.0 Å². The van der Waals surface area contributed by atoms with Crippen LogP contribution < -0.4 is 21.3 Å². The number of rotatable bonds is 7. The van der Waals surface area contributed by atoms with E-state index in [9.17, 15) is 9.59 Å². The zero-order valence-corrected chi connectivity index (χ0v) is 17.6. The van der Waals surface area contributed by atoms with Crippen molar-refractivity contribution in [1.82, 2.24) is 16.0 Å². The summed E-state index contributed by atoms with van der Waals surface area (Å²) in [5.41, 5.74) is 2.00. The van der Waals surface area contributed by atoms with Gasteiger partial charge in [-0.1, -0.05) is 25.1 Å². The van der Waals surface area contributed by atoms with Crippen molar-refractivity contribution >= 4 is 47.4 Å². The van der Waals surface area contributed by atoms with Crippen molar-refractivity contribution in [3.63, 3.8) is 0 Å². The van der Waals surface area contributed by atoms with Gasteiger partial charge in [-0.3, -0.25) is 14.6 Å². The van der Waals surface area contributed by atoms with Gasteiger partial charge in [-0.25, -0.2) is 0 Å². The molecular weight excluding hydrogens is 445 g/mol. The molecule has 1 aliphatic rings. The minimum Gasteiger partial charge on any atom is -0.356 e. The highest BCUT2D eigenvalue weighted by Gasteiger charge is 2.24. The Morgan fingerprint density at radius 2 is 2.00 bits per heavy atom. The van der Waals surface area contributed by atoms with Gasteiger partial charge in [0.05, 0.1) is 0 Å². The monoisotopic (exact) mass is 473 g/mol. The van der Waals surface area contributed by atoms with Gasteiger partial charge < -0.3 is 21.3 Å². The largest absolute Gasteiger partial charge is 0.356 e. The summed E-state index contributed by atoms with van der Waals surface area (Å²) in [6.07, 6.45) is 1.77. The molecule has 1 aromatic carbocycles. The quantitative estimate of drug-likeness (QED) is 0.276. The molecule has 1 aromatic rings. The van der Waals surface area contributed by atoms with Crippen LogP contribution in [0.2, 0.25) is 0 Å². The Morgan fingerprint density at radius 1 is 1.23 bits per heavy atom. The average molecular weight is 473 g/mol. The lowest BCUT2D eigenvalue weighted by Gasteiger charge is -2.26. The maximum atomic E-state index is 11.9. The van der Waals surface area contributed by atoms with Crippen LogP contribution in [-0.4, -0.2) is 44.5 Å². The van der Waals surface area contributed by atoms with E-state index in [1.54, 1.807) is 7.05 Å². The number of hydrogen-bond donors (Lipinski definition) is 4. The van der Waals surface area contributed by atoms with Crippen LogP contribution in [0.25, 0.3) is 0 Å². The summed E-state index contributed by atoms with van der Waals surface area (Å²) in [7, 11) is 1.69. The normalized spacial score (nSPS) is 16.0. The summed E-state index contributed by atoms with van der Waals surface area (Å²) in [5.74, 6) is 0.784. The summed E-state index contributed by atoms with van der Waals surface area (Å²) < 4.78 is 0. The first-order chi connectivity index (χ1) is 12.1. The summed E-state index contributed by atoms with van der Waals surface area (Å²) >= 11 is 0. The van der Waals surface area contributed by atoms with Crippen LogP contribution in [0, 0.1) is 0 Å². The van der Waals surface area contributed by atoms with Crippen LogP contribution in [0.1, 0.15) is 37.7 Å². The number of halogens is 1. The first-order valence-electron chi connectivity index (χ1n) is 8.74. The molecular formula is C18H28IN5O2. The van der Waals surface area contributed by atoms with Gasteiger partial charge in [0.25, 0.3) is 0 Å². The minimum absolute atomic E-state index is 0. The van der Waals surface area contributed by atoms with E-state index < -0.39 is 0 Å². The lowest BCUT2D eigenvalue weighted by Crippen LogP contribution is -2.42. The van der Waals surface area contributed by atoms with E-state index in [4.69, 9.17) is 0 Å². The van der Waals surface area contributed by atoms with Gasteiger partial charge in [0.1, 0.15) is 0 Å². The molecule has 8 heteroatoms. The van der Waals surface area contributed by atoms with E-state index >= 15 is 0 Å². The van der Waals surface area contributed by atoms with Gasteiger partial charge in [0.15, 0.2) is 5.96 Å². The summed E-state index contributed by atoms with van der Waals surface area (Å²) in [6, 6.07) is 7.85. The number of carbonyl (C=O) groups is 2. The zero-order valence-electron chi connectivity index (χ0n) is 15.3. The number of benzene rings is 1. The molecule has 0 radical (unpaired) electrons. The molecule has 1 heterocycles. The molecule has 0 saturated heterocycles. The molecule has 1 aliphatic heterocycles. The maximum absolute atomic E-state index is 11.9. The van der Waals surface area contributed by atoms with Gasteiger partial charge in [-0.05, 0) is 18.1 Å². The molecule has 0 fully saturated rings. The number of anilines is 1. The van der Waals surface area contributed by atoms with Crippen molar-refractivity contribution in [2.45, 2.75) is 32.1 Å². The molecule has 0 spiro atoms. The highest BCUT2D eigenvalue weighted by molar-refractivity contribution is 14.0. The Bertz CT molecular complexity index is 636. The Labute approximate surface area is 171 Å². The molecule has 26 heavy (non-hydrogen) atoms. The third kappa shape index (κ3) is 6.81. The molecule has 4 N–H and O–H groups in total. The SMILES string of the molecule is CCCNC(=O)CCNC(=NC)NCC1CC(=O)Nc2ccccc21.I. The zero-order chi connectivity index (χ0) is 18.1. The molecule has 2 rings (SSSR count). The van der Waals surface area contributed by atoms with E-state index in [0.29, 0.717) is 38.4 Å². The summed E-state index contributed by atoms with van der Waals surface area (Å²) in [6.45, 7) is 3.84. The van der Waals surface area contributed by atoms with Gasteiger partial charge in [-0.2, -0.15) is 0 Å². The number of amides is 2. The number of fused-ring (bicyclic) bond motifs is 1. The molecule has 0 bridgehead atoms. The van der Waals surface area contributed by atoms with E-state index in [1.165, 1.54) is 0 Å². The van der Waals surface area contributed by atoms with Crippen molar-refractivity contribution in [2.24, 2.45) is 4.99 Å². The van der Waals surface area contributed by atoms with Crippen LogP contribution in [0.4, 0.5) is 5.69 Å². The highest BCUT2D eigenvalue weighted by Crippen LogP contribution is 2.31. The molecule has 0 aliphatic carbocycles. The second-order valence-electron chi connectivity index (χ2n) is 6.02. The lowest BCUT2D eigenvalue weighted by atomic mass is 9.90. The van der Waals surface area contributed by atoms with Gasteiger partial charge in [0, 0.05) is 51.1 Å². The predicted octanol–water partition coefficient (Wildman–Crippen LogP) is 1.81. The number of nitrogens with zero attached hydrogens (tertiary/aromatic N) is 1. The van der Waals surface area contributed by atoms with E-state index in [1.807, 2.05) is 31.2 Å². The highest BCUT2D eigenvalue weighted by atomic mass is 127. The number of guanidine groups is 1. The van der Waals surface area contributed by atoms with E-state index in [2.05, 4.69) is 26.3 Å². The number of nitrogens with one attached hydrogen (secondary N) is 4. The van der Waals surface area contributed by atoms with Crippen molar-refractivity contribution in [3.05, 3.63) is 29.8 Å². The number of aliphatic imine (C=N–C) groups is 1. The molecule has 0 aromatic heterocycles. The first-order valence-corrected chi connectivity index (χ1v) is 8.74. The second kappa shape index (κ2) is 11.7. The van der Waals surface area contributed by atoms with Crippen molar-refractivity contribution in [1.29, 1.82) is 0 Å². The average Bonchev–Trinajstić information content (AvgIpc) is 2.62. The van der Waals surface area contributed by atoms with Crippen molar-refractivity contribution < 1.29 is 9.59 Å². The molecule has 0 saturated carbocycles. The smallest absolute Gasteiger partial charge is 0.225 e. The van der Waals surface area contributed by atoms with Crippen molar-refractivity contribution in [3.8, 4) is 0 Å². The topological polar surface area (TPSA) is 94.6 Å². The Balaban J connectivity index is 0.00000338. The molecule has 7 nitrogen and oxygen atoms in total. The van der Waals surface area contributed by atoms with Crippen LogP contribution in [0.5, 0.6) is 0 Å². The summed E-state index contributed by atoms with van der Waals surface area (Å²) in [4.78, 5) is 27.6. The number of hydrogen-bond acceptors (Lipinski definition) is 3. The third-order valence-electron chi connectivity index (χ3n) is 4.06. The summed E-state index contributed by atoms with van der Waals surface area (Å²) in [5, 5.41) is 12.1. The fraction of sp³-hybridized carbons (Fsp3) is 0.500. The minimum atomic E-state index is 0. The van der Waals surface area contributed by atoms with E-state index in [-0.39, 0.29) is 41.7 Å². The molecule has 1 atom stereocenters. The lowest BCUT2D eigenvalue weighted by molar-refractivity contribution is -0.121. The molecule has 1 unspecified atom stereocenters. The Hall–Kier alpha value is -1.84. The van der Waals surface area contributed by atoms with Crippen LogP contribution in [0.15, 0.2) is 29.3 Å². The fourth-order valence-corrected chi connectivity index (χ4v) is 2.77.